The Hall–Kier alpha value is -1.02. The number of hydrogen-bond donors (Lipinski definition) is 1. The third kappa shape index (κ3) is 2.86. The highest BCUT2D eigenvalue weighted by molar-refractivity contribution is 5.40. The first-order chi connectivity index (χ1) is 8.56. The van der Waals surface area contributed by atoms with E-state index in [-0.39, 0.29) is 5.41 Å². The van der Waals surface area contributed by atoms with Crippen molar-refractivity contribution in [3.63, 3.8) is 0 Å². The molecule has 100 valence electrons. The molecule has 2 heteroatoms. The molecule has 18 heavy (non-hydrogen) atoms. The van der Waals surface area contributed by atoms with Gasteiger partial charge in [0.05, 0.1) is 0 Å². The summed E-state index contributed by atoms with van der Waals surface area (Å²) in [6, 6.07) is 6.47. The van der Waals surface area contributed by atoms with Gasteiger partial charge in [0.25, 0.3) is 0 Å². The van der Waals surface area contributed by atoms with E-state index in [0.717, 1.165) is 25.1 Å². The number of aryl methyl sites for hydroxylation is 1. The van der Waals surface area contributed by atoms with Crippen molar-refractivity contribution in [3.05, 3.63) is 29.3 Å². The lowest BCUT2D eigenvalue weighted by atomic mass is 9.80. The Balaban J connectivity index is 2.02. The Labute approximate surface area is 111 Å². The molecule has 0 aromatic heterocycles. The number of rotatable bonds is 5. The van der Waals surface area contributed by atoms with E-state index in [1.165, 1.54) is 24.0 Å². The van der Waals surface area contributed by atoms with Gasteiger partial charge in [0, 0.05) is 6.42 Å². The molecule has 2 unspecified atom stereocenters. The average Bonchev–Trinajstić information content (AvgIpc) is 2.70. The number of fused-ring (bicyclic) bond motifs is 1. The molecule has 0 radical (unpaired) electrons. The lowest BCUT2D eigenvalue weighted by Gasteiger charge is -2.30. The molecule has 1 aliphatic heterocycles. The predicted octanol–water partition coefficient (Wildman–Crippen LogP) is 3.45. The zero-order chi connectivity index (χ0) is 13.2. The minimum Gasteiger partial charge on any atom is -0.490 e. The fourth-order valence-corrected chi connectivity index (χ4v) is 3.00. The van der Waals surface area contributed by atoms with Gasteiger partial charge in [-0.15, -0.1) is 0 Å². The van der Waals surface area contributed by atoms with Crippen LogP contribution in [0.4, 0.5) is 0 Å². The summed E-state index contributed by atoms with van der Waals surface area (Å²) in [5.41, 5.74) is 8.83. The monoisotopic (exact) mass is 247 g/mol. The van der Waals surface area contributed by atoms with Crippen LogP contribution in [0, 0.1) is 12.3 Å². The number of benzene rings is 1. The molecule has 0 saturated heterocycles. The van der Waals surface area contributed by atoms with Gasteiger partial charge in [-0.1, -0.05) is 38.0 Å². The third-order valence-corrected chi connectivity index (χ3v) is 4.02. The third-order valence-electron chi connectivity index (χ3n) is 4.02. The molecule has 1 heterocycles. The molecule has 0 spiro atoms. The van der Waals surface area contributed by atoms with E-state index >= 15 is 0 Å². The van der Waals surface area contributed by atoms with E-state index in [2.05, 4.69) is 39.0 Å². The molecule has 0 aliphatic carbocycles. The molecule has 2 nitrogen and oxygen atoms in total. The second-order valence-corrected chi connectivity index (χ2v) is 6.02. The first kappa shape index (κ1) is 13.4. The molecule has 2 atom stereocenters. The minimum atomic E-state index is 0.219. The van der Waals surface area contributed by atoms with E-state index in [9.17, 15) is 0 Å². The van der Waals surface area contributed by atoms with Gasteiger partial charge >= 0.3 is 0 Å². The van der Waals surface area contributed by atoms with E-state index in [4.69, 9.17) is 10.5 Å². The van der Waals surface area contributed by atoms with E-state index in [0.29, 0.717) is 6.10 Å². The first-order valence-electron chi connectivity index (χ1n) is 7.02. The molecule has 1 aromatic rings. The minimum absolute atomic E-state index is 0.219. The van der Waals surface area contributed by atoms with Crippen molar-refractivity contribution in [3.8, 4) is 5.75 Å². The molecule has 0 fully saturated rings. The summed E-state index contributed by atoms with van der Waals surface area (Å²) in [5.74, 6) is 1.07. The van der Waals surface area contributed by atoms with Crippen LogP contribution in [0.5, 0.6) is 5.75 Å². The highest BCUT2D eigenvalue weighted by atomic mass is 16.5. The van der Waals surface area contributed by atoms with Crippen LogP contribution in [-0.4, -0.2) is 12.6 Å². The fraction of sp³-hybridized carbons (Fsp3) is 0.625. The Bertz CT molecular complexity index is 416. The van der Waals surface area contributed by atoms with Crippen molar-refractivity contribution in [2.75, 3.05) is 6.54 Å². The van der Waals surface area contributed by atoms with E-state index < -0.39 is 0 Å². The molecule has 2 N–H and O–H groups in total. The topological polar surface area (TPSA) is 35.2 Å². The predicted molar refractivity (Wildman–Crippen MR) is 76.0 cm³/mol. The molecule has 0 saturated carbocycles. The fourth-order valence-electron chi connectivity index (χ4n) is 3.00. The first-order valence-corrected chi connectivity index (χ1v) is 7.02. The van der Waals surface area contributed by atoms with Crippen molar-refractivity contribution in [2.24, 2.45) is 11.1 Å². The molecule has 2 rings (SSSR count). The van der Waals surface area contributed by atoms with Crippen LogP contribution in [-0.2, 0) is 6.42 Å². The van der Waals surface area contributed by atoms with Crippen molar-refractivity contribution < 1.29 is 4.74 Å². The number of hydrogen-bond acceptors (Lipinski definition) is 2. The average molecular weight is 247 g/mol. The lowest BCUT2D eigenvalue weighted by molar-refractivity contribution is 0.142. The van der Waals surface area contributed by atoms with Gasteiger partial charge in [-0.05, 0) is 43.4 Å². The summed E-state index contributed by atoms with van der Waals surface area (Å²) in [4.78, 5) is 0. The highest BCUT2D eigenvalue weighted by Gasteiger charge is 2.31. The summed E-state index contributed by atoms with van der Waals surface area (Å²) in [6.07, 6.45) is 4.77. The maximum absolute atomic E-state index is 6.05. The quantitative estimate of drug-likeness (QED) is 0.865. The molecular weight excluding hydrogens is 222 g/mol. The smallest absolute Gasteiger partial charge is 0.123 e. The van der Waals surface area contributed by atoms with E-state index in [1.807, 2.05) is 0 Å². The van der Waals surface area contributed by atoms with Crippen molar-refractivity contribution in [1.82, 2.24) is 0 Å². The summed E-state index contributed by atoms with van der Waals surface area (Å²) >= 11 is 0. The maximum Gasteiger partial charge on any atom is 0.123 e. The van der Waals surface area contributed by atoms with Gasteiger partial charge in [-0.2, -0.15) is 0 Å². The SMILES string of the molecule is CCCC(C)(CN)CC1Cc2cc(C)ccc2O1. The summed E-state index contributed by atoms with van der Waals surface area (Å²) in [7, 11) is 0. The zero-order valence-corrected chi connectivity index (χ0v) is 11.8. The zero-order valence-electron chi connectivity index (χ0n) is 11.8. The second kappa shape index (κ2) is 5.31. The van der Waals surface area contributed by atoms with Crippen LogP contribution in [0.25, 0.3) is 0 Å². The van der Waals surface area contributed by atoms with Gasteiger partial charge in [0.1, 0.15) is 11.9 Å². The number of nitrogens with two attached hydrogens (primary N) is 1. The van der Waals surface area contributed by atoms with Crippen LogP contribution in [0.1, 0.15) is 44.2 Å². The van der Waals surface area contributed by atoms with Gasteiger partial charge in [0.15, 0.2) is 0 Å². The van der Waals surface area contributed by atoms with Gasteiger partial charge < -0.3 is 10.5 Å². The summed E-state index contributed by atoms with van der Waals surface area (Å²) in [5, 5.41) is 0. The van der Waals surface area contributed by atoms with E-state index in [1.54, 1.807) is 0 Å². The van der Waals surface area contributed by atoms with Crippen LogP contribution < -0.4 is 10.5 Å². The molecule has 0 bridgehead atoms. The largest absolute Gasteiger partial charge is 0.490 e. The van der Waals surface area contributed by atoms with Crippen molar-refractivity contribution >= 4 is 0 Å². The summed E-state index contributed by atoms with van der Waals surface area (Å²) in [6.45, 7) is 7.39. The van der Waals surface area contributed by atoms with Crippen molar-refractivity contribution in [1.29, 1.82) is 0 Å². The normalized spacial score (nSPS) is 21.2. The summed E-state index contributed by atoms with van der Waals surface area (Å²) < 4.78 is 6.05. The van der Waals surface area contributed by atoms with Gasteiger partial charge in [-0.3, -0.25) is 0 Å². The molecular formula is C16H25NO. The molecule has 0 amide bonds. The molecule has 1 aromatic carbocycles. The van der Waals surface area contributed by atoms with Crippen LogP contribution in [0.3, 0.4) is 0 Å². The Kier molecular flexibility index (Phi) is 3.96. The lowest BCUT2D eigenvalue weighted by Crippen LogP contribution is -2.33. The number of ether oxygens (including phenoxy) is 1. The van der Waals surface area contributed by atoms with Crippen LogP contribution >= 0.6 is 0 Å². The standard InChI is InChI=1S/C16H25NO/c1-4-7-16(3,11-17)10-14-9-13-8-12(2)5-6-15(13)18-14/h5-6,8,14H,4,7,9-11,17H2,1-3H3. The Morgan fingerprint density at radius 3 is 2.89 bits per heavy atom. The molecule has 1 aliphatic rings. The second-order valence-electron chi connectivity index (χ2n) is 6.02. The maximum atomic E-state index is 6.05. The van der Waals surface area contributed by atoms with Crippen LogP contribution in [0.15, 0.2) is 18.2 Å². The Morgan fingerprint density at radius 1 is 1.44 bits per heavy atom. The van der Waals surface area contributed by atoms with Crippen LogP contribution in [0.2, 0.25) is 0 Å². The van der Waals surface area contributed by atoms with Crippen molar-refractivity contribution in [2.45, 2.75) is 52.6 Å². The highest BCUT2D eigenvalue weighted by Crippen LogP contribution is 2.36. The Morgan fingerprint density at radius 2 is 2.22 bits per heavy atom. The van der Waals surface area contributed by atoms with Gasteiger partial charge in [0.2, 0.25) is 0 Å². The van der Waals surface area contributed by atoms with Gasteiger partial charge in [-0.25, -0.2) is 0 Å².